The molecule has 0 aromatic heterocycles. The van der Waals surface area contributed by atoms with E-state index < -0.39 is 0 Å². The molecule has 0 spiro atoms. The second kappa shape index (κ2) is 3.53. The molecule has 0 unspecified atom stereocenters. The van der Waals surface area contributed by atoms with Gasteiger partial charge in [-0.1, -0.05) is 12.2 Å². The molecule has 0 nitrogen and oxygen atoms in total. The molecule has 10 heavy (non-hydrogen) atoms. The highest BCUT2D eigenvalue weighted by atomic mass is 35.5. The van der Waals surface area contributed by atoms with Crippen molar-refractivity contribution in [3.8, 4) is 0 Å². The van der Waals surface area contributed by atoms with Gasteiger partial charge in [-0.2, -0.15) is 0 Å². The van der Waals surface area contributed by atoms with Crippen LogP contribution < -0.4 is 0 Å². The number of rotatable bonds is 0. The second-order valence-corrected chi connectivity index (χ2v) is 4.18. The quantitative estimate of drug-likeness (QED) is 0.434. The van der Waals surface area contributed by atoms with E-state index in [-0.39, 0.29) is 21.5 Å². The molecule has 0 saturated heterocycles. The molecule has 0 aromatic rings. The van der Waals surface area contributed by atoms with Crippen LogP contribution in [0.25, 0.3) is 0 Å². The zero-order valence-electron chi connectivity index (χ0n) is 4.98. The van der Waals surface area contributed by atoms with Crippen molar-refractivity contribution in [1.82, 2.24) is 0 Å². The summed E-state index contributed by atoms with van der Waals surface area (Å²) in [5.74, 6) is 0. The molecule has 58 valence electrons. The highest BCUT2D eigenvalue weighted by Crippen LogP contribution is 2.29. The molecule has 0 N–H and O–H groups in total. The summed E-state index contributed by atoms with van der Waals surface area (Å²) in [4.78, 5) is 0. The van der Waals surface area contributed by atoms with Gasteiger partial charge in [0.1, 0.15) is 0 Å². The largest absolute Gasteiger partial charge is 0.119 e. The maximum Gasteiger partial charge on any atom is 0.0716 e. The van der Waals surface area contributed by atoms with Gasteiger partial charge in [-0.3, -0.25) is 0 Å². The monoisotopic (exact) mass is 218 g/mol. The molecule has 4 heteroatoms. The van der Waals surface area contributed by atoms with Crippen LogP contribution in [0.15, 0.2) is 12.2 Å². The van der Waals surface area contributed by atoms with Gasteiger partial charge in [-0.25, -0.2) is 0 Å². The van der Waals surface area contributed by atoms with Gasteiger partial charge < -0.3 is 0 Å². The Labute approximate surface area is 80.1 Å². The number of hydrogen-bond acceptors (Lipinski definition) is 0. The average molecular weight is 220 g/mol. The minimum absolute atomic E-state index is 0.195. The lowest BCUT2D eigenvalue weighted by Gasteiger charge is -2.25. The number of halogens is 4. The normalized spacial score (nSPS) is 47.6. The van der Waals surface area contributed by atoms with E-state index in [1.807, 2.05) is 0 Å². The molecule has 0 heterocycles. The highest BCUT2D eigenvalue weighted by Gasteiger charge is 2.31. The Morgan fingerprint density at radius 3 is 1.30 bits per heavy atom. The molecule has 0 radical (unpaired) electrons. The van der Waals surface area contributed by atoms with E-state index in [1.165, 1.54) is 0 Å². The first-order chi connectivity index (χ1) is 4.63. The van der Waals surface area contributed by atoms with Crippen molar-refractivity contribution in [2.24, 2.45) is 0 Å². The number of hydrogen-bond donors (Lipinski definition) is 0. The fraction of sp³-hybridized carbons (Fsp3) is 0.667. The minimum Gasteiger partial charge on any atom is -0.119 e. The van der Waals surface area contributed by atoms with Crippen LogP contribution in [0.2, 0.25) is 0 Å². The zero-order valence-corrected chi connectivity index (χ0v) is 8.00. The van der Waals surface area contributed by atoms with E-state index in [4.69, 9.17) is 46.4 Å². The third-order valence-corrected chi connectivity index (χ3v) is 3.70. The lowest BCUT2D eigenvalue weighted by molar-refractivity contribution is 0.759. The predicted octanol–water partition coefficient (Wildman–Crippen LogP) is 2.99. The van der Waals surface area contributed by atoms with Gasteiger partial charge >= 0.3 is 0 Å². The maximum absolute atomic E-state index is 5.81. The molecule has 0 bridgehead atoms. The van der Waals surface area contributed by atoms with Crippen molar-refractivity contribution in [2.75, 3.05) is 0 Å². The SMILES string of the molecule is Cl[C@@H]1[C@@H](Cl)[C@@H](Cl)C=C[C@H]1Cl. The Morgan fingerprint density at radius 2 is 1.00 bits per heavy atom. The molecule has 1 aliphatic carbocycles. The third kappa shape index (κ3) is 1.73. The van der Waals surface area contributed by atoms with E-state index >= 15 is 0 Å². The number of allylic oxidation sites excluding steroid dienone is 2. The summed E-state index contributed by atoms with van der Waals surface area (Å²) in [5, 5.41) is -0.926. The average Bonchev–Trinajstić information content (AvgIpc) is 1.93. The van der Waals surface area contributed by atoms with Crippen molar-refractivity contribution >= 4 is 46.4 Å². The molecule has 0 aromatic carbocycles. The van der Waals surface area contributed by atoms with E-state index in [0.29, 0.717) is 0 Å². The molecule has 1 rings (SSSR count). The summed E-state index contributed by atoms with van der Waals surface area (Å²) in [6.07, 6.45) is 3.55. The van der Waals surface area contributed by atoms with E-state index in [2.05, 4.69) is 0 Å². The first-order valence-corrected chi connectivity index (χ1v) is 4.62. The van der Waals surface area contributed by atoms with Crippen LogP contribution in [-0.4, -0.2) is 21.5 Å². The lowest BCUT2D eigenvalue weighted by atomic mass is 10.1. The van der Waals surface area contributed by atoms with Gasteiger partial charge in [0, 0.05) is 0 Å². The van der Waals surface area contributed by atoms with Crippen LogP contribution in [0.4, 0.5) is 0 Å². The third-order valence-electron chi connectivity index (χ3n) is 1.39. The summed E-state index contributed by atoms with van der Waals surface area (Å²) in [6.45, 7) is 0. The minimum atomic E-state index is -0.268. The van der Waals surface area contributed by atoms with Crippen molar-refractivity contribution in [3.05, 3.63) is 12.2 Å². The summed E-state index contributed by atoms with van der Waals surface area (Å²) in [5.41, 5.74) is 0. The Kier molecular flexibility index (Phi) is 3.18. The van der Waals surface area contributed by atoms with E-state index in [0.717, 1.165) is 0 Å². The topological polar surface area (TPSA) is 0 Å². The molecule has 4 atom stereocenters. The Morgan fingerprint density at radius 1 is 0.700 bits per heavy atom. The molecule has 0 saturated carbocycles. The van der Waals surface area contributed by atoms with Gasteiger partial charge in [-0.05, 0) is 0 Å². The summed E-state index contributed by atoms with van der Waals surface area (Å²) >= 11 is 23.2. The lowest BCUT2D eigenvalue weighted by Crippen LogP contribution is -2.34. The second-order valence-electron chi connectivity index (χ2n) is 2.16. The zero-order chi connectivity index (χ0) is 7.72. The molecule has 1 aliphatic rings. The van der Waals surface area contributed by atoms with Crippen LogP contribution in [0.3, 0.4) is 0 Å². The summed E-state index contributed by atoms with van der Waals surface area (Å²) in [7, 11) is 0. The molecule has 0 aliphatic heterocycles. The van der Waals surface area contributed by atoms with Crippen LogP contribution >= 0.6 is 46.4 Å². The van der Waals surface area contributed by atoms with Crippen molar-refractivity contribution in [1.29, 1.82) is 0 Å². The Hall–Kier alpha value is 0.900. The fourth-order valence-electron chi connectivity index (χ4n) is 0.776. The highest BCUT2D eigenvalue weighted by molar-refractivity contribution is 6.39. The summed E-state index contributed by atoms with van der Waals surface area (Å²) in [6, 6.07) is 0. The Bertz CT molecular complexity index is 129. The number of alkyl halides is 4. The van der Waals surface area contributed by atoms with Crippen LogP contribution in [0, 0.1) is 0 Å². The van der Waals surface area contributed by atoms with Crippen molar-refractivity contribution < 1.29 is 0 Å². The van der Waals surface area contributed by atoms with Crippen LogP contribution in [-0.2, 0) is 0 Å². The standard InChI is InChI=1S/C6H6Cl4/c7-3-1-2-4(8)6(10)5(3)9/h1-6H/t3-,4+,5-,6-/m0/s1. The first-order valence-electron chi connectivity index (χ1n) is 2.87. The predicted molar refractivity (Wildman–Crippen MR) is 47.7 cm³/mol. The molecule has 0 amide bonds. The molecule has 0 fully saturated rings. The first kappa shape index (κ1) is 8.99. The van der Waals surface area contributed by atoms with Crippen molar-refractivity contribution in [2.45, 2.75) is 21.5 Å². The smallest absolute Gasteiger partial charge is 0.0716 e. The van der Waals surface area contributed by atoms with E-state index in [9.17, 15) is 0 Å². The summed E-state index contributed by atoms with van der Waals surface area (Å²) < 4.78 is 0. The van der Waals surface area contributed by atoms with Gasteiger partial charge in [-0.15, -0.1) is 46.4 Å². The molecular weight excluding hydrogens is 214 g/mol. The van der Waals surface area contributed by atoms with E-state index in [1.54, 1.807) is 12.2 Å². The fourth-order valence-corrected chi connectivity index (χ4v) is 1.89. The van der Waals surface area contributed by atoms with Gasteiger partial charge in [0.15, 0.2) is 0 Å². The van der Waals surface area contributed by atoms with Gasteiger partial charge in [0.2, 0.25) is 0 Å². The van der Waals surface area contributed by atoms with Gasteiger partial charge in [0.05, 0.1) is 21.5 Å². The Balaban J connectivity index is 2.69. The molecular formula is C6H6Cl4. The van der Waals surface area contributed by atoms with Crippen molar-refractivity contribution in [3.63, 3.8) is 0 Å². The van der Waals surface area contributed by atoms with Gasteiger partial charge in [0.25, 0.3) is 0 Å². The van der Waals surface area contributed by atoms with Crippen LogP contribution in [0.5, 0.6) is 0 Å². The van der Waals surface area contributed by atoms with Crippen LogP contribution in [0.1, 0.15) is 0 Å². The maximum atomic E-state index is 5.81.